The summed E-state index contributed by atoms with van der Waals surface area (Å²) in [6.07, 6.45) is 3.29. The highest BCUT2D eigenvalue weighted by molar-refractivity contribution is 5.94. The maximum Gasteiger partial charge on any atom is 0.251 e. The number of nitrogens with zero attached hydrogens (tertiary/aromatic N) is 1. The van der Waals surface area contributed by atoms with Gasteiger partial charge in [0.05, 0.1) is 6.61 Å². The lowest BCUT2D eigenvalue weighted by atomic mass is 10.0. The number of amides is 1. The van der Waals surface area contributed by atoms with E-state index in [1.54, 1.807) is 7.11 Å². The largest absolute Gasteiger partial charge is 0.454 e. The Balaban J connectivity index is 1.25. The third kappa shape index (κ3) is 5.53. The molecule has 0 aromatic heterocycles. The number of fused-ring (bicyclic) bond motifs is 1. The average molecular weight is 440 g/mol. The second-order valence-electron chi connectivity index (χ2n) is 8.41. The highest BCUT2D eigenvalue weighted by atomic mass is 16.7. The van der Waals surface area contributed by atoms with Gasteiger partial charge in [0.25, 0.3) is 5.91 Å². The van der Waals surface area contributed by atoms with Crippen LogP contribution in [0.4, 0.5) is 5.69 Å². The lowest BCUT2D eigenvalue weighted by molar-refractivity contribution is 0.0951. The summed E-state index contributed by atoms with van der Waals surface area (Å²) in [5.41, 5.74) is 2.81. The Morgan fingerprint density at radius 1 is 1.12 bits per heavy atom. The van der Waals surface area contributed by atoms with Crippen molar-refractivity contribution in [3.8, 4) is 11.5 Å². The number of anilines is 1. The highest BCUT2D eigenvalue weighted by Crippen LogP contribution is 2.32. The lowest BCUT2D eigenvalue weighted by Gasteiger charge is -2.35. The van der Waals surface area contributed by atoms with E-state index < -0.39 is 0 Å². The van der Waals surface area contributed by atoms with Crippen molar-refractivity contribution in [3.05, 3.63) is 53.6 Å². The van der Waals surface area contributed by atoms with E-state index in [-0.39, 0.29) is 12.7 Å². The van der Waals surface area contributed by atoms with Crippen molar-refractivity contribution in [2.45, 2.75) is 44.8 Å². The summed E-state index contributed by atoms with van der Waals surface area (Å²) in [7, 11) is 1.76. The van der Waals surface area contributed by atoms with E-state index in [1.165, 1.54) is 5.69 Å². The molecule has 1 unspecified atom stereocenters. The van der Waals surface area contributed by atoms with Gasteiger partial charge in [0.2, 0.25) is 6.79 Å². The van der Waals surface area contributed by atoms with E-state index in [1.807, 2.05) is 42.5 Å². The number of hydrogen-bond acceptors (Lipinski definition) is 6. The minimum atomic E-state index is -0.0825. The molecule has 2 N–H and O–H groups in total. The maximum absolute atomic E-state index is 12.6. The van der Waals surface area contributed by atoms with Crippen LogP contribution in [-0.2, 0) is 11.3 Å². The number of piperidine rings is 1. The van der Waals surface area contributed by atoms with E-state index in [0.717, 1.165) is 56.0 Å². The molecule has 7 nitrogen and oxygen atoms in total. The molecule has 0 aliphatic carbocycles. The molecule has 1 amide bonds. The number of carbonyl (C=O) groups is 1. The summed E-state index contributed by atoms with van der Waals surface area (Å²) in [4.78, 5) is 15.0. The molecular formula is C25H33N3O4. The minimum absolute atomic E-state index is 0.0825. The first kappa shape index (κ1) is 22.4. The highest BCUT2D eigenvalue weighted by Gasteiger charge is 2.21. The van der Waals surface area contributed by atoms with Gasteiger partial charge in [-0.2, -0.15) is 0 Å². The van der Waals surface area contributed by atoms with Gasteiger partial charge in [-0.3, -0.25) is 4.79 Å². The van der Waals surface area contributed by atoms with Crippen LogP contribution in [0.5, 0.6) is 11.5 Å². The fourth-order valence-electron chi connectivity index (χ4n) is 4.28. The normalized spacial score (nSPS) is 16.8. The van der Waals surface area contributed by atoms with Gasteiger partial charge in [0, 0.05) is 50.1 Å². The molecule has 2 aliphatic rings. The fraction of sp³-hybridized carbons (Fsp3) is 0.480. The van der Waals surface area contributed by atoms with Crippen molar-refractivity contribution in [1.82, 2.24) is 10.6 Å². The summed E-state index contributed by atoms with van der Waals surface area (Å²) in [6, 6.07) is 14.6. The zero-order valence-corrected chi connectivity index (χ0v) is 18.9. The third-order valence-electron chi connectivity index (χ3n) is 6.21. The van der Waals surface area contributed by atoms with Gasteiger partial charge in [-0.25, -0.2) is 0 Å². The lowest BCUT2D eigenvalue weighted by Crippen LogP contribution is -2.47. The van der Waals surface area contributed by atoms with Crippen LogP contribution in [0.2, 0.25) is 0 Å². The van der Waals surface area contributed by atoms with Crippen LogP contribution in [0.3, 0.4) is 0 Å². The van der Waals surface area contributed by atoms with Crippen molar-refractivity contribution in [2.75, 3.05) is 38.5 Å². The Morgan fingerprint density at radius 2 is 1.88 bits per heavy atom. The van der Waals surface area contributed by atoms with E-state index >= 15 is 0 Å². The van der Waals surface area contributed by atoms with Crippen molar-refractivity contribution in [1.29, 1.82) is 0 Å². The molecule has 7 heteroatoms. The van der Waals surface area contributed by atoms with Gasteiger partial charge >= 0.3 is 0 Å². The van der Waals surface area contributed by atoms with Gasteiger partial charge in [0.1, 0.15) is 0 Å². The average Bonchev–Trinajstić information content (AvgIpc) is 3.31. The summed E-state index contributed by atoms with van der Waals surface area (Å²) in [5.74, 6) is 1.39. The predicted octanol–water partition coefficient (Wildman–Crippen LogP) is 3.33. The molecular weight excluding hydrogens is 406 g/mol. The standard InChI is InChI=1S/C25H33N3O4/c1-3-20(16-30-2)27-21-10-12-28(13-11-21)22-7-5-19(6-8-22)25(29)26-15-18-4-9-23-24(14-18)32-17-31-23/h4-9,14,20-21,27H,3,10-13,15-17H2,1-2H3,(H,26,29). The van der Waals surface area contributed by atoms with Gasteiger partial charge in [-0.05, 0) is 61.2 Å². The molecule has 2 heterocycles. The summed E-state index contributed by atoms with van der Waals surface area (Å²) in [5, 5.41) is 6.70. The Kier molecular flexibility index (Phi) is 7.50. The van der Waals surface area contributed by atoms with Crippen LogP contribution < -0.4 is 25.0 Å². The van der Waals surface area contributed by atoms with Crippen LogP contribution in [0.15, 0.2) is 42.5 Å². The molecule has 1 fully saturated rings. The summed E-state index contributed by atoms with van der Waals surface area (Å²) < 4.78 is 16.0. The van der Waals surface area contributed by atoms with E-state index in [2.05, 4.69) is 22.5 Å². The topological polar surface area (TPSA) is 72.1 Å². The molecule has 2 aromatic carbocycles. The molecule has 2 aromatic rings. The molecule has 172 valence electrons. The van der Waals surface area contributed by atoms with Crippen molar-refractivity contribution in [3.63, 3.8) is 0 Å². The van der Waals surface area contributed by atoms with Gasteiger partial charge in [-0.15, -0.1) is 0 Å². The van der Waals surface area contributed by atoms with Crippen LogP contribution in [0.25, 0.3) is 0 Å². The molecule has 0 radical (unpaired) electrons. The third-order valence-corrected chi connectivity index (χ3v) is 6.21. The fourth-order valence-corrected chi connectivity index (χ4v) is 4.28. The second-order valence-corrected chi connectivity index (χ2v) is 8.41. The number of methoxy groups -OCH3 is 1. The quantitative estimate of drug-likeness (QED) is 0.625. The van der Waals surface area contributed by atoms with Crippen LogP contribution in [0, 0.1) is 0 Å². The number of rotatable bonds is 9. The van der Waals surface area contributed by atoms with E-state index in [9.17, 15) is 4.79 Å². The first-order chi connectivity index (χ1) is 15.7. The molecule has 4 rings (SSSR count). The molecule has 32 heavy (non-hydrogen) atoms. The second kappa shape index (κ2) is 10.7. The Morgan fingerprint density at radius 3 is 2.59 bits per heavy atom. The number of hydrogen-bond donors (Lipinski definition) is 2. The number of ether oxygens (including phenoxy) is 3. The Bertz CT molecular complexity index is 895. The van der Waals surface area contributed by atoms with E-state index in [0.29, 0.717) is 24.2 Å². The summed E-state index contributed by atoms with van der Waals surface area (Å²) >= 11 is 0. The zero-order chi connectivity index (χ0) is 22.3. The minimum Gasteiger partial charge on any atom is -0.454 e. The smallest absolute Gasteiger partial charge is 0.251 e. The van der Waals surface area contributed by atoms with Crippen molar-refractivity contribution in [2.24, 2.45) is 0 Å². The first-order valence-corrected chi connectivity index (χ1v) is 11.4. The molecule has 2 aliphatic heterocycles. The number of benzene rings is 2. The Hall–Kier alpha value is -2.77. The van der Waals surface area contributed by atoms with Crippen molar-refractivity contribution >= 4 is 11.6 Å². The van der Waals surface area contributed by atoms with Crippen LogP contribution in [-0.4, -0.2) is 51.6 Å². The maximum atomic E-state index is 12.6. The van der Waals surface area contributed by atoms with E-state index in [4.69, 9.17) is 14.2 Å². The number of nitrogens with one attached hydrogen (secondary N) is 2. The zero-order valence-electron chi connectivity index (χ0n) is 18.9. The molecule has 1 saturated heterocycles. The molecule has 0 bridgehead atoms. The van der Waals surface area contributed by atoms with Crippen molar-refractivity contribution < 1.29 is 19.0 Å². The van der Waals surface area contributed by atoms with Gasteiger partial charge in [0.15, 0.2) is 11.5 Å². The monoisotopic (exact) mass is 439 g/mol. The first-order valence-electron chi connectivity index (χ1n) is 11.4. The molecule has 1 atom stereocenters. The van der Waals surface area contributed by atoms with Gasteiger partial charge in [-0.1, -0.05) is 13.0 Å². The van der Waals surface area contributed by atoms with Crippen LogP contribution >= 0.6 is 0 Å². The molecule has 0 saturated carbocycles. The molecule has 0 spiro atoms. The predicted molar refractivity (Wildman–Crippen MR) is 125 cm³/mol. The SMILES string of the molecule is CCC(COC)NC1CCN(c2ccc(C(=O)NCc3ccc4c(c3)OCO4)cc2)CC1. The van der Waals surface area contributed by atoms with Gasteiger partial charge < -0.3 is 29.7 Å². The number of carbonyl (C=O) groups excluding carboxylic acids is 1. The van der Waals surface area contributed by atoms with Crippen LogP contribution in [0.1, 0.15) is 42.1 Å². The summed E-state index contributed by atoms with van der Waals surface area (Å²) in [6.45, 7) is 5.67. The Labute approximate surface area is 190 Å².